The molecule has 2 rings (SSSR count). The largest absolute Gasteiger partial charge is 0.321 e. The van der Waals surface area contributed by atoms with Crippen molar-refractivity contribution in [2.24, 2.45) is 5.73 Å². The topological polar surface area (TPSA) is 51.8 Å². The second-order valence-electron chi connectivity index (χ2n) is 4.20. The maximum absolute atomic E-state index is 6.13. The van der Waals surface area contributed by atoms with Gasteiger partial charge < -0.3 is 5.73 Å². The summed E-state index contributed by atoms with van der Waals surface area (Å²) < 4.78 is 0. The summed E-state index contributed by atoms with van der Waals surface area (Å²) in [6.07, 6.45) is 5.47. The van der Waals surface area contributed by atoms with Crippen LogP contribution >= 0.6 is 11.6 Å². The lowest BCUT2D eigenvalue weighted by atomic mass is 10.1. The van der Waals surface area contributed by atoms with Gasteiger partial charge in [0.15, 0.2) is 0 Å². The summed E-state index contributed by atoms with van der Waals surface area (Å²) in [5.41, 5.74) is 7.82. The van der Waals surface area contributed by atoms with Crippen LogP contribution in [0, 0.1) is 0 Å². The van der Waals surface area contributed by atoms with Gasteiger partial charge in [-0.25, -0.2) is 9.97 Å². The third-order valence-corrected chi connectivity index (χ3v) is 3.12. The molecule has 0 aliphatic carbocycles. The summed E-state index contributed by atoms with van der Waals surface area (Å²) in [6.45, 7) is 2.10. The van der Waals surface area contributed by atoms with Gasteiger partial charge in [0, 0.05) is 28.5 Å². The summed E-state index contributed by atoms with van der Waals surface area (Å²) in [4.78, 5) is 8.64. The predicted octanol–water partition coefficient (Wildman–Crippen LogP) is 3.60. The first-order valence-electron chi connectivity index (χ1n) is 6.04. The van der Waals surface area contributed by atoms with E-state index in [4.69, 9.17) is 17.3 Å². The molecule has 0 amide bonds. The van der Waals surface area contributed by atoms with Gasteiger partial charge in [0.05, 0.1) is 6.04 Å². The molecule has 2 aromatic rings. The van der Waals surface area contributed by atoms with Crippen LogP contribution in [-0.2, 0) is 0 Å². The van der Waals surface area contributed by atoms with Crippen LogP contribution in [-0.4, -0.2) is 9.97 Å². The molecule has 4 heteroatoms. The van der Waals surface area contributed by atoms with E-state index >= 15 is 0 Å². The average molecular weight is 262 g/mol. The number of nitrogens with zero attached hydrogens (tertiary/aromatic N) is 2. The van der Waals surface area contributed by atoms with Crippen molar-refractivity contribution in [3.8, 4) is 11.1 Å². The molecular formula is C14H16ClN3. The minimum Gasteiger partial charge on any atom is -0.321 e. The molecule has 1 aromatic heterocycles. The summed E-state index contributed by atoms with van der Waals surface area (Å²) in [7, 11) is 0. The molecule has 0 spiro atoms. The Hall–Kier alpha value is -1.45. The molecule has 0 aliphatic rings. The first-order valence-corrected chi connectivity index (χ1v) is 6.42. The highest BCUT2D eigenvalue weighted by atomic mass is 35.5. The maximum Gasteiger partial charge on any atom is 0.144 e. The first kappa shape index (κ1) is 13.0. The maximum atomic E-state index is 6.13. The van der Waals surface area contributed by atoms with Crippen molar-refractivity contribution in [2.75, 3.05) is 0 Å². The average Bonchev–Trinajstić information content (AvgIpc) is 2.40. The summed E-state index contributed by atoms with van der Waals surface area (Å²) in [6, 6.07) is 7.56. The number of aromatic nitrogens is 2. The Bertz CT molecular complexity index is 511. The Morgan fingerprint density at radius 2 is 1.89 bits per heavy atom. The minimum atomic E-state index is -0.0877. The molecule has 1 atom stereocenters. The Labute approximate surface area is 112 Å². The lowest BCUT2D eigenvalue weighted by molar-refractivity contribution is 0.602. The Morgan fingerprint density at radius 1 is 1.22 bits per heavy atom. The molecule has 94 valence electrons. The van der Waals surface area contributed by atoms with Gasteiger partial charge in [-0.2, -0.15) is 0 Å². The van der Waals surface area contributed by atoms with Crippen molar-refractivity contribution in [3.05, 3.63) is 47.5 Å². The lowest BCUT2D eigenvalue weighted by Gasteiger charge is -2.09. The van der Waals surface area contributed by atoms with Crippen LogP contribution in [0.5, 0.6) is 0 Å². The number of hydrogen-bond acceptors (Lipinski definition) is 3. The highest BCUT2D eigenvalue weighted by Gasteiger charge is 2.09. The van der Waals surface area contributed by atoms with Crippen LogP contribution in [0.25, 0.3) is 11.1 Å². The van der Waals surface area contributed by atoms with E-state index in [1.807, 2.05) is 24.3 Å². The van der Waals surface area contributed by atoms with E-state index in [2.05, 4.69) is 16.9 Å². The molecule has 1 aromatic carbocycles. The van der Waals surface area contributed by atoms with Gasteiger partial charge in [-0.15, -0.1) is 0 Å². The van der Waals surface area contributed by atoms with Gasteiger partial charge in [0.1, 0.15) is 5.82 Å². The third kappa shape index (κ3) is 2.86. The molecule has 2 N–H and O–H groups in total. The van der Waals surface area contributed by atoms with Crippen LogP contribution in [0.4, 0.5) is 0 Å². The zero-order valence-corrected chi connectivity index (χ0v) is 11.1. The molecule has 0 saturated carbocycles. The highest BCUT2D eigenvalue weighted by molar-refractivity contribution is 6.33. The first-order chi connectivity index (χ1) is 8.72. The normalized spacial score (nSPS) is 12.4. The van der Waals surface area contributed by atoms with Gasteiger partial charge in [-0.05, 0) is 12.5 Å². The lowest BCUT2D eigenvalue weighted by Crippen LogP contribution is -2.13. The van der Waals surface area contributed by atoms with Crippen molar-refractivity contribution in [2.45, 2.75) is 25.8 Å². The molecule has 1 heterocycles. The van der Waals surface area contributed by atoms with E-state index in [-0.39, 0.29) is 6.04 Å². The van der Waals surface area contributed by atoms with E-state index in [9.17, 15) is 0 Å². The fraction of sp³-hybridized carbons (Fsp3) is 0.286. The second kappa shape index (κ2) is 5.94. The second-order valence-corrected chi connectivity index (χ2v) is 4.61. The van der Waals surface area contributed by atoms with Crippen molar-refractivity contribution in [1.82, 2.24) is 9.97 Å². The molecule has 0 saturated heterocycles. The molecular weight excluding hydrogens is 246 g/mol. The Morgan fingerprint density at radius 3 is 2.50 bits per heavy atom. The van der Waals surface area contributed by atoms with Crippen LogP contribution in [0.2, 0.25) is 5.02 Å². The van der Waals surface area contributed by atoms with Crippen LogP contribution in [0.3, 0.4) is 0 Å². The zero-order chi connectivity index (χ0) is 13.0. The van der Waals surface area contributed by atoms with Crippen molar-refractivity contribution >= 4 is 11.6 Å². The molecule has 3 nitrogen and oxygen atoms in total. The fourth-order valence-electron chi connectivity index (χ4n) is 1.80. The van der Waals surface area contributed by atoms with Crippen LogP contribution in [0.15, 0.2) is 36.7 Å². The van der Waals surface area contributed by atoms with Crippen LogP contribution in [0.1, 0.15) is 31.6 Å². The smallest absolute Gasteiger partial charge is 0.144 e. The standard InChI is InChI=1S/C14H16ClN3/c1-2-5-13(16)14-17-8-10(9-18-14)11-6-3-4-7-12(11)15/h3-4,6-9,13H,2,5,16H2,1H3. The number of benzene rings is 1. The third-order valence-electron chi connectivity index (χ3n) is 2.79. The van der Waals surface area contributed by atoms with E-state index in [0.717, 1.165) is 24.0 Å². The highest BCUT2D eigenvalue weighted by Crippen LogP contribution is 2.26. The quantitative estimate of drug-likeness (QED) is 0.915. The SMILES string of the molecule is CCCC(N)c1ncc(-c2ccccc2Cl)cn1. The molecule has 0 aliphatic heterocycles. The van der Waals surface area contributed by atoms with E-state index in [0.29, 0.717) is 10.8 Å². The number of halogens is 1. The zero-order valence-electron chi connectivity index (χ0n) is 10.3. The monoisotopic (exact) mass is 261 g/mol. The van der Waals surface area contributed by atoms with Gasteiger partial charge >= 0.3 is 0 Å². The number of hydrogen-bond donors (Lipinski definition) is 1. The molecule has 18 heavy (non-hydrogen) atoms. The number of rotatable bonds is 4. The Kier molecular flexibility index (Phi) is 4.28. The van der Waals surface area contributed by atoms with Gasteiger partial charge in [0.2, 0.25) is 0 Å². The van der Waals surface area contributed by atoms with Gasteiger partial charge in [-0.1, -0.05) is 43.1 Å². The van der Waals surface area contributed by atoms with E-state index in [1.54, 1.807) is 12.4 Å². The van der Waals surface area contributed by atoms with Crippen molar-refractivity contribution in [1.29, 1.82) is 0 Å². The van der Waals surface area contributed by atoms with E-state index in [1.165, 1.54) is 0 Å². The summed E-state index contributed by atoms with van der Waals surface area (Å²) >= 11 is 6.13. The van der Waals surface area contributed by atoms with Gasteiger partial charge in [-0.3, -0.25) is 0 Å². The van der Waals surface area contributed by atoms with Crippen molar-refractivity contribution in [3.63, 3.8) is 0 Å². The van der Waals surface area contributed by atoms with Gasteiger partial charge in [0.25, 0.3) is 0 Å². The van der Waals surface area contributed by atoms with Crippen molar-refractivity contribution < 1.29 is 0 Å². The van der Waals surface area contributed by atoms with E-state index < -0.39 is 0 Å². The van der Waals surface area contributed by atoms with Crippen LogP contribution < -0.4 is 5.73 Å². The fourth-order valence-corrected chi connectivity index (χ4v) is 2.05. The molecule has 1 unspecified atom stereocenters. The molecule has 0 radical (unpaired) electrons. The predicted molar refractivity (Wildman–Crippen MR) is 74.3 cm³/mol. The molecule has 0 fully saturated rings. The number of nitrogens with two attached hydrogens (primary N) is 1. The Balaban J connectivity index is 2.25. The minimum absolute atomic E-state index is 0.0877. The summed E-state index contributed by atoms with van der Waals surface area (Å²) in [5.74, 6) is 0.688. The summed E-state index contributed by atoms with van der Waals surface area (Å²) in [5, 5.41) is 0.701. The molecule has 0 bridgehead atoms.